The number of hydrogen-bond acceptors (Lipinski definition) is 7. The maximum Gasteiger partial charge on any atom is 0.341 e. The van der Waals surface area contributed by atoms with Gasteiger partial charge in [-0.1, -0.05) is 66.7 Å². The number of nitrogens with zero attached hydrogens (tertiary/aromatic N) is 1. The topological polar surface area (TPSA) is 112 Å². The van der Waals surface area contributed by atoms with Crippen LogP contribution in [0.3, 0.4) is 0 Å². The molecule has 1 aliphatic heterocycles. The molecule has 1 N–H and O–H groups in total. The first-order chi connectivity index (χ1) is 25.1. The van der Waals surface area contributed by atoms with Gasteiger partial charge in [-0.15, -0.1) is 0 Å². The van der Waals surface area contributed by atoms with E-state index in [9.17, 15) is 14.4 Å². The predicted octanol–water partition coefficient (Wildman–Crippen LogP) is 7.72. The molecule has 1 aliphatic rings. The minimum atomic E-state index is -1.08. The van der Waals surface area contributed by atoms with E-state index in [1.807, 2.05) is 55.5 Å². The van der Waals surface area contributed by atoms with Crippen molar-refractivity contribution in [3.8, 4) is 17.2 Å². The van der Waals surface area contributed by atoms with Crippen LogP contribution in [0.2, 0.25) is 0 Å². The molecule has 1 amide bonds. The monoisotopic (exact) mass is 707 g/mol. The third-order valence-electron chi connectivity index (χ3n) is 9.85. The van der Waals surface area contributed by atoms with Crippen molar-refractivity contribution >= 4 is 17.8 Å². The van der Waals surface area contributed by atoms with E-state index >= 15 is 0 Å². The molecule has 1 heterocycles. The summed E-state index contributed by atoms with van der Waals surface area (Å²) in [4.78, 5) is 42.0. The second-order valence-corrected chi connectivity index (χ2v) is 13.5. The smallest absolute Gasteiger partial charge is 0.341 e. The van der Waals surface area contributed by atoms with Crippen LogP contribution in [-0.2, 0) is 32.0 Å². The Kier molecular flexibility index (Phi) is 13.0. The highest BCUT2D eigenvalue weighted by atomic mass is 16.5. The third kappa shape index (κ3) is 9.51. The van der Waals surface area contributed by atoms with Crippen molar-refractivity contribution in [3.63, 3.8) is 0 Å². The van der Waals surface area contributed by atoms with Gasteiger partial charge in [0.2, 0.25) is 5.91 Å². The van der Waals surface area contributed by atoms with Gasteiger partial charge in [0.1, 0.15) is 17.9 Å². The van der Waals surface area contributed by atoms with E-state index in [0.29, 0.717) is 55.0 Å². The van der Waals surface area contributed by atoms with Crippen LogP contribution < -0.4 is 14.2 Å². The Labute approximate surface area is 306 Å². The molecule has 4 aromatic rings. The lowest BCUT2D eigenvalue weighted by Crippen LogP contribution is -2.50. The first-order valence-corrected chi connectivity index (χ1v) is 17.9. The van der Waals surface area contributed by atoms with Crippen LogP contribution in [0.25, 0.3) is 0 Å². The molecule has 0 aliphatic carbocycles. The Morgan fingerprint density at radius 1 is 0.808 bits per heavy atom. The number of carbonyl (C=O) groups excluding carboxylic acids is 2. The van der Waals surface area contributed by atoms with Crippen molar-refractivity contribution < 1.29 is 38.4 Å². The first kappa shape index (κ1) is 37.9. The van der Waals surface area contributed by atoms with Gasteiger partial charge < -0.3 is 29.0 Å². The van der Waals surface area contributed by atoms with Gasteiger partial charge in [0, 0.05) is 6.54 Å². The second kappa shape index (κ2) is 17.8. The number of carbonyl (C=O) groups is 3. The standard InChI is InChI=1S/C43H49NO8/c1-28-17-18-32(22-29(28)2)19-20-38(33-14-11-15-35(25-33)51-27-40(45)46)52-43(48)37-16-9-10-21-44(37)42(47)36(24-31-12-7-6-8-13-31)34-23-30(3)41(50-5)39(26-34)49-4/h6-8,11-15,17-18,22-23,25-26,36-38H,9-10,16,19-21,24,27H2,1-5H3,(H,45,46)/t36-,37-,38?/m0/s1. The second-order valence-electron chi connectivity index (χ2n) is 13.5. The largest absolute Gasteiger partial charge is 0.493 e. The van der Waals surface area contributed by atoms with E-state index < -0.39 is 36.6 Å². The summed E-state index contributed by atoms with van der Waals surface area (Å²) in [6.07, 6.45) is 2.96. The molecule has 52 heavy (non-hydrogen) atoms. The van der Waals surface area contributed by atoms with Crippen molar-refractivity contribution in [1.82, 2.24) is 4.90 Å². The highest BCUT2D eigenvalue weighted by Gasteiger charge is 2.38. The zero-order valence-corrected chi connectivity index (χ0v) is 30.7. The molecule has 0 aromatic heterocycles. The number of aryl methyl sites for hydroxylation is 4. The quantitative estimate of drug-likeness (QED) is 0.125. The van der Waals surface area contributed by atoms with E-state index in [1.54, 1.807) is 37.3 Å². The fourth-order valence-corrected chi connectivity index (χ4v) is 6.94. The summed E-state index contributed by atoms with van der Waals surface area (Å²) < 4.78 is 23.1. The van der Waals surface area contributed by atoms with Crippen molar-refractivity contribution in [2.45, 2.75) is 77.4 Å². The minimum absolute atomic E-state index is 0.145. The number of hydrogen-bond donors (Lipinski definition) is 1. The number of amides is 1. The molecule has 0 saturated carbocycles. The van der Waals surface area contributed by atoms with Gasteiger partial charge in [-0.05, 0) is 116 Å². The number of benzene rings is 4. The number of aliphatic carboxylic acids is 1. The Balaban J connectivity index is 1.45. The summed E-state index contributed by atoms with van der Waals surface area (Å²) in [6.45, 7) is 6.01. The van der Waals surface area contributed by atoms with Gasteiger partial charge in [-0.3, -0.25) is 4.79 Å². The molecule has 1 saturated heterocycles. The number of piperidine rings is 1. The van der Waals surface area contributed by atoms with Crippen molar-refractivity contribution in [2.75, 3.05) is 27.4 Å². The van der Waals surface area contributed by atoms with Gasteiger partial charge in [-0.25, -0.2) is 9.59 Å². The molecule has 4 aromatic carbocycles. The average molecular weight is 708 g/mol. The summed E-state index contributed by atoms with van der Waals surface area (Å²) in [7, 11) is 3.17. The van der Waals surface area contributed by atoms with Crippen LogP contribution in [0.15, 0.2) is 84.9 Å². The molecule has 3 atom stereocenters. The summed E-state index contributed by atoms with van der Waals surface area (Å²) in [6, 6.07) is 26.3. The van der Waals surface area contributed by atoms with Crippen LogP contribution in [0.1, 0.15) is 76.6 Å². The van der Waals surface area contributed by atoms with Crippen LogP contribution in [0.4, 0.5) is 0 Å². The lowest BCUT2D eigenvalue weighted by atomic mass is 9.88. The number of carboxylic acid groups (broad SMARTS) is 1. The molecule has 9 nitrogen and oxygen atoms in total. The molecule has 9 heteroatoms. The number of likely N-dealkylation sites (tertiary alicyclic amines) is 1. The maximum atomic E-state index is 14.8. The molecule has 5 rings (SSSR count). The van der Waals surface area contributed by atoms with E-state index in [2.05, 4.69) is 32.0 Å². The summed E-state index contributed by atoms with van der Waals surface area (Å²) >= 11 is 0. The molecule has 0 spiro atoms. The average Bonchev–Trinajstić information content (AvgIpc) is 3.15. The lowest BCUT2D eigenvalue weighted by molar-refractivity contribution is -0.162. The predicted molar refractivity (Wildman–Crippen MR) is 199 cm³/mol. The molecule has 0 radical (unpaired) electrons. The number of carboxylic acids is 1. The normalized spacial score (nSPS) is 15.3. The van der Waals surface area contributed by atoms with E-state index in [-0.39, 0.29) is 5.91 Å². The molecular weight excluding hydrogens is 658 g/mol. The molecule has 274 valence electrons. The van der Waals surface area contributed by atoms with Crippen molar-refractivity contribution in [2.24, 2.45) is 0 Å². The van der Waals surface area contributed by atoms with Crippen molar-refractivity contribution in [3.05, 3.63) is 124 Å². The maximum absolute atomic E-state index is 14.8. The number of ether oxygens (including phenoxy) is 4. The number of methoxy groups -OCH3 is 2. The van der Waals surface area contributed by atoms with Gasteiger partial charge in [0.15, 0.2) is 18.1 Å². The first-order valence-electron chi connectivity index (χ1n) is 17.9. The summed E-state index contributed by atoms with van der Waals surface area (Å²) in [5.74, 6) is -0.752. The van der Waals surface area contributed by atoms with Gasteiger partial charge in [0.25, 0.3) is 0 Å². The fourth-order valence-electron chi connectivity index (χ4n) is 6.94. The van der Waals surface area contributed by atoms with Gasteiger partial charge in [-0.2, -0.15) is 0 Å². The van der Waals surface area contributed by atoms with E-state index in [4.69, 9.17) is 24.1 Å². The van der Waals surface area contributed by atoms with Crippen LogP contribution >= 0.6 is 0 Å². The SMILES string of the molecule is COc1cc([C@H](Cc2ccccc2)C(=O)N2CCCC[C@H]2C(=O)OC(CCc2ccc(C)c(C)c2)c2cccc(OCC(=O)O)c2)cc(C)c1OC. The molecule has 0 bridgehead atoms. The lowest BCUT2D eigenvalue weighted by Gasteiger charge is -2.37. The number of esters is 1. The Morgan fingerprint density at radius 3 is 2.31 bits per heavy atom. The van der Waals surface area contributed by atoms with E-state index in [1.165, 1.54) is 11.1 Å². The molecule has 1 unspecified atom stereocenters. The van der Waals surface area contributed by atoms with Gasteiger partial charge >= 0.3 is 11.9 Å². The zero-order chi connectivity index (χ0) is 37.2. The highest BCUT2D eigenvalue weighted by Crippen LogP contribution is 2.37. The number of rotatable bonds is 15. The van der Waals surface area contributed by atoms with E-state index in [0.717, 1.165) is 35.1 Å². The highest BCUT2D eigenvalue weighted by molar-refractivity contribution is 5.89. The minimum Gasteiger partial charge on any atom is -0.493 e. The Bertz CT molecular complexity index is 1860. The van der Waals surface area contributed by atoms with Gasteiger partial charge in [0.05, 0.1) is 20.1 Å². The Morgan fingerprint density at radius 2 is 1.60 bits per heavy atom. The molecular formula is C43H49NO8. The molecule has 1 fully saturated rings. The Hall–Kier alpha value is -5.31. The fraction of sp³-hybridized carbons (Fsp3) is 0.372. The zero-order valence-electron chi connectivity index (χ0n) is 30.7. The summed E-state index contributed by atoms with van der Waals surface area (Å²) in [5.41, 5.74) is 6.82. The summed E-state index contributed by atoms with van der Waals surface area (Å²) in [5, 5.41) is 9.16. The van der Waals surface area contributed by atoms with Crippen LogP contribution in [0, 0.1) is 20.8 Å². The van der Waals surface area contributed by atoms with Crippen molar-refractivity contribution in [1.29, 1.82) is 0 Å². The third-order valence-corrected chi connectivity index (χ3v) is 9.85. The van der Waals surface area contributed by atoms with Crippen LogP contribution in [0.5, 0.6) is 17.2 Å². The van der Waals surface area contributed by atoms with Crippen LogP contribution in [-0.4, -0.2) is 61.3 Å².